The fourth-order valence-electron chi connectivity index (χ4n) is 1.54. The third kappa shape index (κ3) is 3.59. The molecule has 0 saturated carbocycles. The molecule has 1 heterocycles. The summed E-state index contributed by atoms with van der Waals surface area (Å²) in [7, 11) is 2.04. The van der Waals surface area contributed by atoms with E-state index in [-0.39, 0.29) is 0 Å². The van der Waals surface area contributed by atoms with Crippen molar-refractivity contribution in [2.24, 2.45) is 11.0 Å². The molecule has 1 aliphatic heterocycles. The minimum atomic E-state index is 0.746. The van der Waals surface area contributed by atoms with Crippen LogP contribution in [-0.4, -0.2) is 35.8 Å². The van der Waals surface area contributed by atoms with E-state index in [1.807, 2.05) is 12.1 Å². The molecule has 0 spiro atoms. The Hall–Kier alpha value is -0.180. The van der Waals surface area contributed by atoms with Gasteiger partial charge < -0.3 is 5.01 Å². The van der Waals surface area contributed by atoms with Crippen LogP contribution in [0, 0.1) is 5.92 Å². The van der Waals surface area contributed by atoms with Crippen molar-refractivity contribution in [3.8, 4) is 0 Å². The zero-order chi connectivity index (χ0) is 9.68. The normalized spacial score (nSPS) is 20.4. The lowest BCUT2D eigenvalue weighted by Gasteiger charge is -2.22. The molecule has 0 unspecified atom stereocenters. The van der Waals surface area contributed by atoms with Crippen molar-refractivity contribution in [1.29, 1.82) is 0 Å². The number of rotatable bonds is 3. The van der Waals surface area contributed by atoms with Crippen LogP contribution in [0.5, 0.6) is 0 Å². The van der Waals surface area contributed by atoms with Gasteiger partial charge in [-0.05, 0) is 38.2 Å². The Balaban J connectivity index is 2.44. The molecular formula is C10H20N2S. The van der Waals surface area contributed by atoms with Crippen LogP contribution in [-0.2, 0) is 0 Å². The summed E-state index contributed by atoms with van der Waals surface area (Å²) in [5.74, 6) is 3.37. The van der Waals surface area contributed by atoms with E-state index >= 15 is 0 Å². The summed E-state index contributed by atoms with van der Waals surface area (Å²) in [5, 5.41) is 6.58. The second kappa shape index (κ2) is 5.53. The van der Waals surface area contributed by atoms with Crippen molar-refractivity contribution in [2.75, 3.05) is 25.1 Å². The van der Waals surface area contributed by atoms with Crippen LogP contribution in [0.4, 0.5) is 0 Å². The van der Waals surface area contributed by atoms with Crippen LogP contribution in [0.3, 0.4) is 0 Å². The lowest BCUT2D eigenvalue weighted by molar-refractivity contribution is 0.370. The third-order valence-electron chi connectivity index (χ3n) is 2.60. The molecular weight excluding hydrogens is 180 g/mol. The monoisotopic (exact) mass is 200 g/mol. The quantitative estimate of drug-likeness (QED) is 0.514. The Morgan fingerprint density at radius 1 is 1.46 bits per heavy atom. The van der Waals surface area contributed by atoms with Gasteiger partial charge in [-0.15, -0.1) is 0 Å². The van der Waals surface area contributed by atoms with Crippen LogP contribution in [0.25, 0.3) is 0 Å². The molecule has 1 saturated heterocycles. The summed E-state index contributed by atoms with van der Waals surface area (Å²) in [6.07, 6.45) is 2.63. The fraction of sp³-hybridized carbons (Fsp3) is 0.900. The van der Waals surface area contributed by atoms with E-state index in [2.05, 4.69) is 30.7 Å². The Morgan fingerprint density at radius 3 is 2.62 bits per heavy atom. The van der Waals surface area contributed by atoms with Crippen molar-refractivity contribution in [3.63, 3.8) is 0 Å². The molecule has 0 amide bonds. The van der Waals surface area contributed by atoms with E-state index in [1.54, 1.807) is 0 Å². The van der Waals surface area contributed by atoms with Gasteiger partial charge in [0.1, 0.15) is 0 Å². The molecule has 0 radical (unpaired) electrons. The number of hydrazone groups is 1. The lowest BCUT2D eigenvalue weighted by atomic mass is 9.98. The molecule has 0 bridgehead atoms. The number of nitrogens with zero attached hydrogens (tertiary/aromatic N) is 2. The number of hydrogen-bond donors (Lipinski definition) is 0. The molecule has 0 aromatic carbocycles. The molecule has 1 rings (SSSR count). The average Bonchev–Trinajstić information content (AvgIpc) is 2.19. The van der Waals surface area contributed by atoms with Crippen molar-refractivity contribution in [3.05, 3.63) is 0 Å². The van der Waals surface area contributed by atoms with Crippen LogP contribution in [0.15, 0.2) is 5.10 Å². The smallest absolute Gasteiger partial charge is 0.0381 e. The largest absolute Gasteiger partial charge is 0.300 e. The molecule has 3 heteroatoms. The van der Waals surface area contributed by atoms with Gasteiger partial charge in [-0.3, -0.25) is 0 Å². The van der Waals surface area contributed by atoms with E-state index in [0.29, 0.717) is 0 Å². The van der Waals surface area contributed by atoms with Crippen molar-refractivity contribution in [1.82, 2.24) is 5.01 Å². The maximum Gasteiger partial charge on any atom is 0.0381 e. The van der Waals surface area contributed by atoms with Gasteiger partial charge in [0.05, 0.1) is 0 Å². The lowest BCUT2D eigenvalue weighted by Crippen LogP contribution is -2.21. The molecule has 0 atom stereocenters. The van der Waals surface area contributed by atoms with E-state index < -0.39 is 0 Å². The Kier molecular flexibility index (Phi) is 4.64. The summed E-state index contributed by atoms with van der Waals surface area (Å²) in [6, 6.07) is 0. The van der Waals surface area contributed by atoms with Crippen LogP contribution < -0.4 is 0 Å². The molecule has 13 heavy (non-hydrogen) atoms. The third-order valence-corrected chi connectivity index (χ3v) is 3.65. The zero-order valence-corrected chi connectivity index (χ0v) is 9.73. The molecule has 0 aliphatic carbocycles. The first-order chi connectivity index (χ1) is 6.24. The van der Waals surface area contributed by atoms with Gasteiger partial charge in [-0.2, -0.15) is 16.9 Å². The summed E-state index contributed by atoms with van der Waals surface area (Å²) >= 11 is 2.07. The molecule has 1 aliphatic rings. The second-order valence-corrected chi connectivity index (χ2v) is 4.83. The van der Waals surface area contributed by atoms with Crippen LogP contribution in [0.1, 0.15) is 26.7 Å². The van der Waals surface area contributed by atoms with Gasteiger partial charge in [0.15, 0.2) is 0 Å². The predicted molar refractivity (Wildman–Crippen MR) is 61.5 cm³/mol. The van der Waals surface area contributed by atoms with Gasteiger partial charge in [0.25, 0.3) is 0 Å². The first kappa shape index (κ1) is 10.9. The summed E-state index contributed by atoms with van der Waals surface area (Å²) in [5.41, 5.74) is 1.32. The zero-order valence-electron chi connectivity index (χ0n) is 8.92. The minimum absolute atomic E-state index is 0.746. The summed E-state index contributed by atoms with van der Waals surface area (Å²) < 4.78 is 0. The highest BCUT2D eigenvalue weighted by Crippen LogP contribution is 2.23. The topological polar surface area (TPSA) is 15.6 Å². The molecule has 76 valence electrons. The maximum atomic E-state index is 4.56. The molecule has 2 nitrogen and oxygen atoms in total. The van der Waals surface area contributed by atoms with Crippen LogP contribution in [0.2, 0.25) is 0 Å². The SMILES string of the molecule is CCN(C)/N=C(\C)C1CCSCC1. The van der Waals surface area contributed by atoms with Gasteiger partial charge in [-0.1, -0.05) is 0 Å². The second-order valence-electron chi connectivity index (χ2n) is 3.60. The van der Waals surface area contributed by atoms with E-state index in [0.717, 1.165) is 12.5 Å². The highest BCUT2D eigenvalue weighted by molar-refractivity contribution is 7.99. The van der Waals surface area contributed by atoms with E-state index in [1.165, 1.54) is 30.1 Å². The van der Waals surface area contributed by atoms with Gasteiger partial charge >= 0.3 is 0 Å². The number of thioether (sulfide) groups is 1. The molecule has 0 aromatic rings. The average molecular weight is 200 g/mol. The Bertz CT molecular complexity index is 174. The van der Waals surface area contributed by atoms with Crippen molar-refractivity contribution in [2.45, 2.75) is 26.7 Å². The minimum Gasteiger partial charge on any atom is -0.300 e. The van der Waals surface area contributed by atoms with Gasteiger partial charge in [0, 0.05) is 25.2 Å². The number of hydrogen-bond acceptors (Lipinski definition) is 3. The van der Waals surface area contributed by atoms with E-state index in [4.69, 9.17) is 0 Å². The Labute approximate surface area is 85.8 Å². The van der Waals surface area contributed by atoms with Crippen molar-refractivity contribution >= 4 is 17.5 Å². The van der Waals surface area contributed by atoms with Gasteiger partial charge in [0.2, 0.25) is 0 Å². The first-order valence-electron chi connectivity index (χ1n) is 5.08. The Morgan fingerprint density at radius 2 is 2.08 bits per heavy atom. The maximum absolute atomic E-state index is 4.56. The standard InChI is InChI=1S/C10H20N2S/c1-4-12(3)11-9(2)10-5-7-13-8-6-10/h10H,4-8H2,1-3H3/b11-9+. The van der Waals surface area contributed by atoms with Gasteiger partial charge in [-0.25, -0.2) is 0 Å². The van der Waals surface area contributed by atoms with Crippen molar-refractivity contribution < 1.29 is 0 Å². The molecule has 1 fully saturated rings. The van der Waals surface area contributed by atoms with Crippen LogP contribution >= 0.6 is 11.8 Å². The first-order valence-corrected chi connectivity index (χ1v) is 6.23. The highest BCUT2D eigenvalue weighted by atomic mass is 32.2. The summed E-state index contributed by atoms with van der Waals surface area (Å²) in [4.78, 5) is 0. The molecule has 0 aromatic heterocycles. The predicted octanol–water partition coefficient (Wildman–Crippen LogP) is 2.46. The molecule has 0 N–H and O–H groups in total. The summed E-state index contributed by atoms with van der Waals surface area (Å²) in [6.45, 7) is 5.30. The fourth-order valence-corrected chi connectivity index (χ4v) is 2.64. The highest BCUT2D eigenvalue weighted by Gasteiger charge is 2.16. The van der Waals surface area contributed by atoms with E-state index in [9.17, 15) is 0 Å².